The zero-order valence-corrected chi connectivity index (χ0v) is 15.0. The summed E-state index contributed by atoms with van der Waals surface area (Å²) in [5.41, 5.74) is 6.05. The smallest absolute Gasteiger partial charge is 0.257 e. The largest absolute Gasteiger partial charge is 0.466 e. The van der Waals surface area contributed by atoms with Gasteiger partial charge in [-0.25, -0.2) is 0 Å². The van der Waals surface area contributed by atoms with Crippen molar-refractivity contribution >= 4 is 11.8 Å². The molecule has 1 aromatic rings. The van der Waals surface area contributed by atoms with E-state index in [2.05, 4.69) is 0 Å². The number of hydrogen-bond donors (Lipinski definition) is 1. The fourth-order valence-electron chi connectivity index (χ4n) is 3.73. The first-order chi connectivity index (χ1) is 12.0. The molecule has 1 aromatic heterocycles. The molecule has 138 valence electrons. The van der Waals surface area contributed by atoms with Crippen molar-refractivity contribution in [2.75, 3.05) is 45.9 Å². The summed E-state index contributed by atoms with van der Waals surface area (Å²) in [6, 6.07) is 1.78. The lowest BCUT2D eigenvalue weighted by atomic mass is 9.78. The Balaban J connectivity index is 1.62. The fraction of sp³-hybridized carbons (Fsp3) is 0.667. The van der Waals surface area contributed by atoms with Gasteiger partial charge < -0.3 is 24.7 Å². The van der Waals surface area contributed by atoms with Gasteiger partial charge in [-0.05, 0) is 32.8 Å². The van der Waals surface area contributed by atoms with Gasteiger partial charge in [0.2, 0.25) is 5.91 Å². The summed E-state index contributed by atoms with van der Waals surface area (Å²) in [6.45, 7) is 7.31. The molecule has 0 bridgehead atoms. The van der Waals surface area contributed by atoms with Crippen molar-refractivity contribution in [2.45, 2.75) is 26.7 Å². The Morgan fingerprint density at radius 3 is 2.24 bits per heavy atom. The first kappa shape index (κ1) is 17.9. The van der Waals surface area contributed by atoms with E-state index in [9.17, 15) is 9.59 Å². The molecule has 2 fully saturated rings. The maximum atomic E-state index is 13.0. The lowest BCUT2D eigenvalue weighted by Gasteiger charge is -2.42. The topological polar surface area (TPSA) is 89.0 Å². The molecule has 7 nitrogen and oxygen atoms in total. The summed E-state index contributed by atoms with van der Waals surface area (Å²) in [4.78, 5) is 29.3. The minimum absolute atomic E-state index is 0.0268. The van der Waals surface area contributed by atoms with Gasteiger partial charge in [0.15, 0.2) is 0 Å². The van der Waals surface area contributed by atoms with Gasteiger partial charge in [0.25, 0.3) is 5.91 Å². The Morgan fingerprint density at radius 1 is 1.12 bits per heavy atom. The second-order valence-corrected chi connectivity index (χ2v) is 7.01. The number of nitrogens with zero attached hydrogens (tertiary/aromatic N) is 2. The van der Waals surface area contributed by atoms with Gasteiger partial charge in [0.05, 0.1) is 11.0 Å². The molecule has 25 heavy (non-hydrogen) atoms. The van der Waals surface area contributed by atoms with Crippen LogP contribution in [-0.2, 0) is 9.53 Å². The SMILES string of the molecule is Cc1cc(C(=O)N2CCN(C(=O)C3(CN)CCOCC3)CC2)c(C)o1. The predicted molar refractivity (Wildman–Crippen MR) is 92.2 cm³/mol. The number of piperazine rings is 1. The first-order valence-electron chi connectivity index (χ1n) is 8.90. The third kappa shape index (κ3) is 3.43. The van der Waals surface area contributed by atoms with Crippen molar-refractivity contribution in [3.05, 3.63) is 23.2 Å². The van der Waals surface area contributed by atoms with Crippen LogP contribution >= 0.6 is 0 Å². The second-order valence-electron chi connectivity index (χ2n) is 7.01. The quantitative estimate of drug-likeness (QED) is 0.877. The van der Waals surface area contributed by atoms with E-state index in [0.717, 1.165) is 5.76 Å². The maximum Gasteiger partial charge on any atom is 0.257 e. The lowest BCUT2D eigenvalue weighted by molar-refractivity contribution is -0.148. The van der Waals surface area contributed by atoms with Crippen LogP contribution in [0.5, 0.6) is 0 Å². The van der Waals surface area contributed by atoms with Crippen molar-refractivity contribution in [3.8, 4) is 0 Å². The Hall–Kier alpha value is -1.86. The normalized spacial score (nSPS) is 20.6. The highest BCUT2D eigenvalue weighted by atomic mass is 16.5. The third-order valence-corrected chi connectivity index (χ3v) is 5.42. The number of hydrogen-bond acceptors (Lipinski definition) is 5. The molecular formula is C18H27N3O4. The van der Waals surface area contributed by atoms with Gasteiger partial charge in [-0.15, -0.1) is 0 Å². The molecule has 7 heteroatoms. The highest BCUT2D eigenvalue weighted by Gasteiger charge is 2.42. The van der Waals surface area contributed by atoms with E-state index in [1.165, 1.54) is 0 Å². The highest BCUT2D eigenvalue weighted by molar-refractivity contribution is 5.95. The summed E-state index contributed by atoms with van der Waals surface area (Å²) >= 11 is 0. The molecule has 3 rings (SSSR count). The van der Waals surface area contributed by atoms with Crippen LogP contribution in [0.2, 0.25) is 0 Å². The van der Waals surface area contributed by atoms with Crippen LogP contribution in [0.1, 0.15) is 34.7 Å². The van der Waals surface area contributed by atoms with Gasteiger partial charge >= 0.3 is 0 Å². The summed E-state index contributed by atoms with van der Waals surface area (Å²) in [5, 5.41) is 0. The number of aryl methyl sites for hydroxylation is 2. The molecule has 2 N–H and O–H groups in total. The van der Waals surface area contributed by atoms with Crippen molar-refractivity contribution in [1.82, 2.24) is 9.80 Å². The number of amides is 2. The zero-order chi connectivity index (χ0) is 18.0. The monoisotopic (exact) mass is 349 g/mol. The van der Waals surface area contributed by atoms with Crippen molar-refractivity contribution in [2.24, 2.45) is 11.1 Å². The molecule has 0 aromatic carbocycles. The Morgan fingerprint density at radius 2 is 1.72 bits per heavy atom. The molecule has 0 unspecified atom stereocenters. The molecule has 0 spiro atoms. The van der Waals surface area contributed by atoms with Gasteiger partial charge in [-0.3, -0.25) is 9.59 Å². The van der Waals surface area contributed by atoms with Crippen LogP contribution in [0.3, 0.4) is 0 Å². The highest BCUT2D eigenvalue weighted by Crippen LogP contribution is 2.32. The predicted octanol–water partition coefficient (Wildman–Crippen LogP) is 0.936. The minimum atomic E-state index is -0.497. The average molecular weight is 349 g/mol. The Labute approximate surface area is 148 Å². The summed E-state index contributed by atoms with van der Waals surface area (Å²) in [7, 11) is 0. The van der Waals surface area contributed by atoms with Crippen molar-refractivity contribution in [3.63, 3.8) is 0 Å². The summed E-state index contributed by atoms with van der Waals surface area (Å²) in [5.74, 6) is 1.46. The second kappa shape index (κ2) is 7.17. The number of carbonyl (C=O) groups excluding carboxylic acids is 2. The van der Waals surface area contributed by atoms with Gasteiger partial charge in [0.1, 0.15) is 11.5 Å². The number of ether oxygens (including phenoxy) is 1. The Bertz CT molecular complexity index is 641. The first-order valence-corrected chi connectivity index (χ1v) is 8.90. The van der Waals surface area contributed by atoms with E-state index < -0.39 is 5.41 Å². The van der Waals surface area contributed by atoms with Gasteiger partial charge in [-0.2, -0.15) is 0 Å². The molecular weight excluding hydrogens is 322 g/mol. The average Bonchev–Trinajstić information content (AvgIpc) is 2.99. The van der Waals surface area contributed by atoms with Gasteiger partial charge in [0, 0.05) is 45.9 Å². The molecule has 3 heterocycles. The summed E-state index contributed by atoms with van der Waals surface area (Å²) < 4.78 is 10.8. The molecule has 0 aliphatic carbocycles. The maximum absolute atomic E-state index is 13.0. The van der Waals surface area contributed by atoms with E-state index in [-0.39, 0.29) is 11.8 Å². The number of nitrogens with two attached hydrogens (primary N) is 1. The van der Waals surface area contributed by atoms with Gasteiger partial charge in [-0.1, -0.05) is 0 Å². The van der Waals surface area contributed by atoms with Crippen molar-refractivity contribution < 1.29 is 18.7 Å². The lowest BCUT2D eigenvalue weighted by Crippen LogP contribution is -2.57. The van der Waals surface area contributed by atoms with Crippen LogP contribution in [0.25, 0.3) is 0 Å². The molecule has 0 radical (unpaired) electrons. The van der Waals surface area contributed by atoms with Crippen LogP contribution in [-0.4, -0.2) is 67.6 Å². The van der Waals surface area contributed by atoms with E-state index in [4.69, 9.17) is 14.9 Å². The van der Waals surface area contributed by atoms with E-state index in [1.807, 2.05) is 11.8 Å². The van der Waals surface area contributed by atoms with E-state index in [1.54, 1.807) is 17.9 Å². The minimum Gasteiger partial charge on any atom is -0.466 e. The zero-order valence-electron chi connectivity index (χ0n) is 15.0. The molecule has 0 saturated carbocycles. The summed E-state index contributed by atoms with van der Waals surface area (Å²) in [6.07, 6.45) is 1.35. The molecule has 2 amide bonds. The molecule has 0 atom stereocenters. The number of rotatable bonds is 3. The molecule has 2 aliphatic rings. The van der Waals surface area contributed by atoms with E-state index in [0.29, 0.717) is 70.1 Å². The van der Waals surface area contributed by atoms with E-state index >= 15 is 0 Å². The standard InChI is InChI=1S/C18H27N3O4/c1-13-11-15(14(2)25-13)16(22)20-5-7-21(8-6-20)17(23)18(12-19)3-9-24-10-4-18/h11H,3-10,12,19H2,1-2H3. The Kier molecular flexibility index (Phi) is 5.15. The van der Waals surface area contributed by atoms with Crippen LogP contribution in [0.15, 0.2) is 10.5 Å². The number of furan rings is 1. The molecule has 2 aliphatic heterocycles. The van der Waals surface area contributed by atoms with Crippen molar-refractivity contribution in [1.29, 1.82) is 0 Å². The van der Waals surface area contributed by atoms with Crippen LogP contribution in [0.4, 0.5) is 0 Å². The fourth-order valence-corrected chi connectivity index (χ4v) is 3.73. The molecule has 2 saturated heterocycles. The third-order valence-electron chi connectivity index (χ3n) is 5.42. The van der Waals surface area contributed by atoms with Crippen LogP contribution in [0, 0.1) is 19.3 Å². The van der Waals surface area contributed by atoms with Crippen LogP contribution < -0.4 is 5.73 Å². The number of carbonyl (C=O) groups is 2.